The maximum absolute atomic E-state index is 12.3. The number of carbonyl (C=O) groups is 1. The van der Waals surface area contributed by atoms with Crippen LogP contribution >= 0.6 is 0 Å². The van der Waals surface area contributed by atoms with E-state index in [1.807, 2.05) is 25.7 Å². The van der Waals surface area contributed by atoms with E-state index in [-0.39, 0.29) is 23.7 Å². The lowest BCUT2D eigenvalue weighted by molar-refractivity contribution is 0.0669. The molecule has 1 aromatic rings. The number of H-pyrrole nitrogens is 1. The Labute approximate surface area is 113 Å². The standard InChI is InChI=1S/C13H23N5O/c1-8(2)11-15-12(17-16-11)13(19)18-6-4-10(5-7-18)9(3)14/h8-10H,4-7,14H2,1-3H3,(H,15,16,17). The summed E-state index contributed by atoms with van der Waals surface area (Å²) in [6.07, 6.45) is 1.93. The summed E-state index contributed by atoms with van der Waals surface area (Å²) in [7, 11) is 0. The molecular formula is C13H23N5O. The lowest BCUT2D eigenvalue weighted by Crippen LogP contribution is -2.42. The van der Waals surface area contributed by atoms with Crippen LogP contribution < -0.4 is 5.73 Å². The van der Waals surface area contributed by atoms with E-state index in [0.29, 0.717) is 5.92 Å². The van der Waals surface area contributed by atoms with Gasteiger partial charge in [-0.3, -0.25) is 9.89 Å². The van der Waals surface area contributed by atoms with Crippen LogP contribution in [-0.4, -0.2) is 45.1 Å². The Kier molecular flexibility index (Phi) is 4.19. The van der Waals surface area contributed by atoms with Crippen LogP contribution in [0.1, 0.15) is 56.0 Å². The Hall–Kier alpha value is -1.43. The first-order chi connectivity index (χ1) is 8.99. The third-order valence-electron chi connectivity index (χ3n) is 3.81. The maximum Gasteiger partial charge on any atom is 0.293 e. The first-order valence-corrected chi connectivity index (χ1v) is 6.96. The number of amides is 1. The Morgan fingerprint density at radius 1 is 1.37 bits per heavy atom. The first-order valence-electron chi connectivity index (χ1n) is 6.96. The van der Waals surface area contributed by atoms with Crippen molar-refractivity contribution in [1.82, 2.24) is 20.1 Å². The van der Waals surface area contributed by atoms with Gasteiger partial charge in [0.2, 0.25) is 5.82 Å². The van der Waals surface area contributed by atoms with E-state index in [0.717, 1.165) is 31.8 Å². The fraction of sp³-hybridized carbons (Fsp3) is 0.769. The second-order valence-electron chi connectivity index (χ2n) is 5.69. The summed E-state index contributed by atoms with van der Waals surface area (Å²) >= 11 is 0. The SMILES string of the molecule is CC(C)c1nc(C(=O)N2CCC(C(C)N)CC2)n[nH]1. The van der Waals surface area contributed by atoms with Crippen molar-refractivity contribution in [3.8, 4) is 0 Å². The zero-order valence-corrected chi connectivity index (χ0v) is 11.9. The number of aromatic nitrogens is 3. The van der Waals surface area contributed by atoms with E-state index in [9.17, 15) is 4.79 Å². The predicted molar refractivity (Wildman–Crippen MR) is 72.7 cm³/mol. The van der Waals surface area contributed by atoms with Gasteiger partial charge >= 0.3 is 0 Å². The Morgan fingerprint density at radius 2 is 2.00 bits per heavy atom. The summed E-state index contributed by atoms with van der Waals surface area (Å²) in [5.41, 5.74) is 5.90. The molecule has 0 aliphatic carbocycles. The normalized spacial score (nSPS) is 18.9. The van der Waals surface area contributed by atoms with Gasteiger partial charge in [0.15, 0.2) is 0 Å². The second-order valence-corrected chi connectivity index (χ2v) is 5.69. The highest BCUT2D eigenvalue weighted by atomic mass is 16.2. The average molecular weight is 265 g/mol. The van der Waals surface area contributed by atoms with Gasteiger partial charge < -0.3 is 10.6 Å². The van der Waals surface area contributed by atoms with E-state index < -0.39 is 0 Å². The van der Waals surface area contributed by atoms with Crippen LogP contribution in [-0.2, 0) is 0 Å². The minimum Gasteiger partial charge on any atom is -0.336 e. The van der Waals surface area contributed by atoms with Crippen LogP contribution in [0.4, 0.5) is 0 Å². The van der Waals surface area contributed by atoms with Gasteiger partial charge in [-0.1, -0.05) is 13.8 Å². The number of rotatable bonds is 3. The molecule has 0 spiro atoms. The number of hydrogen-bond acceptors (Lipinski definition) is 4. The number of likely N-dealkylation sites (tertiary alicyclic amines) is 1. The van der Waals surface area contributed by atoms with Gasteiger partial charge in [0.25, 0.3) is 5.91 Å². The summed E-state index contributed by atoms with van der Waals surface area (Å²) in [6.45, 7) is 7.56. The molecule has 2 heterocycles. The molecule has 0 radical (unpaired) electrons. The zero-order valence-electron chi connectivity index (χ0n) is 11.9. The lowest BCUT2D eigenvalue weighted by Gasteiger charge is -2.33. The van der Waals surface area contributed by atoms with Gasteiger partial charge in [0, 0.05) is 25.0 Å². The van der Waals surface area contributed by atoms with Crippen molar-refractivity contribution in [2.45, 2.75) is 45.6 Å². The Balaban J connectivity index is 1.97. The molecule has 0 saturated carbocycles. The van der Waals surface area contributed by atoms with E-state index in [2.05, 4.69) is 15.2 Å². The highest BCUT2D eigenvalue weighted by Gasteiger charge is 2.27. The quantitative estimate of drug-likeness (QED) is 0.857. The summed E-state index contributed by atoms with van der Waals surface area (Å²) < 4.78 is 0. The number of nitrogens with two attached hydrogens (primary N) is 1. The maximum atomic E-state index is 12.3. The summed E-state index contributed by atoms with van der Waals surface area (Å²) in [5.74, 6) is 1.73. The number of nitrogens with one attached hydrogen (secondary N) is 1. The molecule has 2 rings (SSSR count). The third-order valence-corrected chi connectivity index (χ3v) is 3.81. The summed E-state index contributed by atoms with van der Waals surface area (Å²) in [6, 6.07) is 0.202. The topological polar surface area (TPSA) is 87.9 Å². The van der Waals surface area contributed by atoms with Crippen LogP contribution in [0.25, 0.3) is 0 Å². The molecule has 1 fully saturated rings. The van der Waals surface area contributed by atoms with Crippen LogP contribution in [0.15, 0.2) is 0 Å². The van der Waals surface area contributed by atoms with E-state index in [1.54, 1.807) is 0 Å². The number of nitrogens with zero attached hydrogens (tertiary/aromatic N) is 3. The van der Waals surface area contributed by atoms with E-state index in [4.69, 9.17) is 5.73 Å². The van der Waals surface area contributed by atoms with Crippen molar-refractivity contribution in [3.05, 3.63) is 11.6 Å². The minimum atomic E-state index is -0.0775. The van der Waals surface area contributed by atoms with Gasteiger partial charge in [0.1, 0.15) is 5.82 Å². The molecule has 1 aliphatic heterocycles. The molecule has 106 valence electrons. The van der Waals surface area contributed by atoms with Crippen LogP contribution in [0.2, 0.25) is 0 Å². The minimum absolute atomic E-state index is 0.0775. The highest BCUT2D eigenvalue weighted by Crippen LogP contribution is 2.20. The van der Waals surface area contributed by atoms with E-state index in [1.165, 1.54) is 0 Å². The molecule has 0 aromatic carbocycles. The molecular weight excluding hydrogens is 242 g/mol. The molecule has 1 amide bonds. The number of carbonyl (C=O) groups excluding carboxylic acids is 1. The highest BCUT2D eigenvalue weighted by molar-refractivity contribution is 5.90. The molecule has 6 heteroatoms. The number of aromatic amines is 1. The molecule has 1 saturated heterocycles. The Bertz CT molecular complexity index is 432. The van der Waals surface area contributed by atoms with Crippen LogP contribution in [0, 0.1) is 5.92 Å². The number of hydrogen-bond donors (Lipinski definition) is 2. The molecule has 1 aromatic heterocycles. The predicted octanol–water partition coefficient (Wildman–Crippen LogP) is 1.13. The van der Waals surface area contributed by atoms with E-state index >= 15 is 0 Å². The monoisotopic (exact) mass is 265 g/mol. The number of piperidine rings is 1. The van der Waals surface area contributed by atoms with Gasteiger partial charge in [0.05, 0.1) is 0 Å². The fourth-order valence-corrected chi connectivity index (χ4v) is 2.40. The summed E-state index contributed by atoms with van der Waals surface area (Å²) in [4.78, 5) is 18.3. The van der Waals surface area contributed by atoms with Crippen molar-refractivity contribution in [2.75, 3.05) is 13.1 Å². The molecule has 0 bridgehead atoms. The van der Waals surface area contributed by atoms with Crippen molar-refractivity contribution in [2.24, 2.45) is 11.7 Å². The molecule has 1 atom stereocenters. The largest absolute Gasteiger partial charge is 0.336 e. The lowest BCUT2D eigenvalue weighted by atomic mass is 9.91. The van der Waals surface area contributed by atoms with Gasteiger partial charge in [-0.05, 0) is 25.7 Å². The van der Waals surface area contributed by atoms with Gasteiger partial charge in [-0.2, -0.15) is 0 Å². The third kappa shape index (κ3) is 3.12. The Morgan fingerprint density at radius 3 is 2.47 bits per heavy atom. The van der Waals surface area contributed by atoms with Crippen LogP contribution in [0.5, 0.6) is 0 Å². The second kappa shape index (κ2) is 5.69. The average Bonchev–Trinajstić information content (AvgIpc) is 2.87. The van der Waals surface area contributed by atoms with Crippen molar-refractivity contribution in [3.63, 3.8) is 0 Å². The molecule has 1 unspecified atom stereocenters. The molecule has 1 aliphatic rings. The fourth-order valence-electron chi connectivity index (χ4n) is 2.40. The van der Waals surface area contributed by atoms with Crippen molar-refractivity contribution >= 4 is 5.91 Å². The van der Waals surface area contributed by atoms with Crippen molar-refractivity contribution < 1.29 is 4.79 Å². The summed E-state index contributed by atoms with van der Waals surface area (Å²) in [5, 5.41) is 6.84. The van der Waals surface area contributed by atoms with Gasteiger partial charge in [-0.15, -0.1) is 5.10 Å². The van der Waals surface area contributed by atoms with Crippen LogP contribution in [0.3, 0.4) is 0 Å². The first kappa shape index (κ1) is 14.0. The molecule has 19 heavy (non-hydrogen) atoms. The molecule has 6 nitrogen and oxygen atoms in total. The van der Waals surface area contributed by atoms with Crippen molar-refractivity contribution in [1.29, 1.82) is 0 Å². The smallest absolute Gasteiger partial charge is 0.293 e. The van der Waals surface area contributed by atoms with Gasteiger partial charge in [-0.25, -0.2) is 4.98 Å². The molecule has 3 N–H and O–H groups in total. The zero-order chi connectivity index (χ0) is 14.0.